The molecule has 8 nitrogen and oxygen atoms in total. The molecule has 1 aromatic rings. The van der Waals surface area contributed by atoms with Gasteiger partial charge in [-0.2, -0.15) is 0 Å². The topological polar surface area (TPSA) is 94.2 Å². The second-order valence-corrected chi connectivity index (χ2v) is 7.63. The van der Waals surface area contributed by atoms with Gasteiger partial charge in [-0.15, -0.1) is 0 Å². The summed E-state index contributed by atoms with van der Waals surface area (Å²) in [7, 11) is 0. The van der Waals surface area contributed by atoms with Crippen LogP contribution in [0.25, 0.3) is 6.08 Å². The molecular formula is C19H20N2O6S. The van der Waals surface area contributed by atoms with E-state index < -0.39 is 0 Å². The van der Waals surface area contributed by atoms with Crippen molar-refractivity contribution in [1.29, 1.82) is 0 Å². The summed E-state index contributed by atoms with van der Waals surface area (Å²) in [4.78, 5) is 38.1. The third-order valence-corrected chi connectivity index (χ3v) is 5.57. The molecule has 0 radical (unpaired) electrons. The van der Waals surface area contributed by atoms with Gasteiger partial charge in [0.2, 0.25) is 12.7 Å². The maximum Gasteiger partial charge on any atom is 0.293 e. The fourth-order valence-electron chi connectivity index (χ4n) is 3.24. The van der Waals surface area contributed by atoms with Crippen molar-refractivity contribution >= 4 is 34.9 Å². The number of rotatable bonds is 6. The van der Waals surface area contributed by atoms with Gasteiger partial charge in [0, 0.05) is 19.7 Å². The fourth-order valence-corrected chi connectivity index (χ4v) is 4.10. The highest BCUT2D eigenvalue weighted by Crippen LogP contribution is 2.36. The van der Waals surface area contributed by atoms with Crippen molar-refractivity contribution in [2.45, 2.75) is 25.4 Å². The summed E-state index contributed by atoms with van der Waals surface area (Å²) in [5.41, 5.74) is 0.750. The molecule has 1 atom stereocenters. The molecule has 0 bridgehead atoms. The van der Waals surface area contributed by atoms with Crippen LogP contribution in [-0.4, -0.2) is 54.5 Å². The molecule has 3 aliphatic heterocycles. The first-order chi connectivity index (χ1) is 13.6. The Kier molecular flexibility index (Phi) is 5.54. The molecule has 3 heterocycles. The van der Waals surface area contributed by atoms with E-state index in [-0.39, 0.29) is 43.0 Å². The Hall–Kier alpha value is -2.52. The third-order valence-electron chi connectivity index (χ3n) is 4.66. The molecule has 0 spiro atoms. The van der Waals surface area contributed by atoms with E-state index in [9.17, 15) is 14.4 Å². The van der Waals surface area contributed by atoms with Crippen LogP contribution in [0.2, 0.25) is 0 Å². The molecule has 4 rings (SSSR count). The van der Waals surface area contributed by atoms with Gasteiger partial charge >= 0.3 is 0 Å². The predicted molar refractivity (Wildman–Crippen MR) is 102 cm³/mol. The standard InChI is InChI=1S/C19H20N2O6S/c22-17(10-13-2-1-7-25-13)20-5-6-21-18(23)16(28-19(21)24)9-12-3-4-14-15(8-12)27-11-26-14/h3-4,8-9,13H,1-2,5-7,10-11H2,(H,20,22). The first-order valence-electron chi connectivity index (χ1n) is 9.13. The van der Waals surface area contributed by atoms with Crippen molar-refractivity contribution in [2.24, 2.45) is 0 Å². The molecule has 3 aliphatic rings. The molecule has 0 aromatic heterocycles. The van der Waals surface area contributed by atoms with E-state index in [1.807, 2.05) is 0 Å². The van der Waals surface area contributed by atoms with Gasteiger partial charge in [-0.05, 0) is 48.4 Å². The number of hydrogen-bond acceptors (Lipinski definition) is 7. The average Bonchev–Trinajstić information content (AvgIpc) is 3.39. The van der Waals surface area contributed by atoms with Gasteiger partial charge in [-0.1, -0.05) is 6.07 Å². The van der Waals surface area contributed by atoms with E-state index in [0.717, 1.165) is 35.1 Å². The van der Waals surface area contributed by atoms with Gasteiger partial charge < -0.3 is 19.5 Å². The van der Waals surface area contributed by atoms with E-state index >= 15 is 0 Å². The quantitative estimate of drug-likeness (QED) is 0.726. The van der Waals surface area contributed by atoms with Gasteiger partial charge in [0.1, 0.15) is 0 Å². The lowest BCUT2D eigenvalue weighted by Gasteiger charge is -2.14. The Bertz CT molecular complexity index is 834. The van der Waals surface area contributed by atoms with Crippen molar-refractivity contribution in [3.63, 3.8) is 0 Å². The summed E-state index contributed by atoms with van der Waals surface area (Å²) >= 11 is 0.889. The van der Waals surface area contributed by atoms with Gasteiger partial charge in [-0.25, -0.2) is 0 Å². The smallest absolute Gasteiger partial charge is 0.293 e. The third kappa shape index (κ3) is 4.15. The number of fused-ring (bicyclic) bond motifs is 1. The summed E-state index contributed by atoms with van der Waals surface area (Å²) in [6, 6.07) is 5.33. The zero-order valence-corrected chi connectivity index (χ0v) is 16.0. The number of nitrogens with zero attached hydrogens (tertiary/aromatic N) is 1. The monoisotopic (exact) mass is 404 g/mol. The Morgan fingerprint density at radius 2 is 2.14 bits per heavy atom. The number of nitrogens with one attached hydrogen (secondary N) is 1. The van der Waals surface area contributed by atoms with Crippen LogP contribution in [-0.2, 0) is 14.3 Å². The highest BCUT2D eigenvalue weighted by atomic mass is 32.2. The minimum absolute atomic E-state index is 0.0261. The van der Waals surface area contributed by atoms with E-state index in [4.69, 9.17) is 14.2 Å². The number of thioether (sulfide) groups is 1. The summed E-state index contributed by atoms with van der Waals surface area (Å²) in [6.07, 6.45) is 3.81. The lowest BCUT2D eigenvalue weighted by molar-refractivity contribution is -0.125. The maximum absolute atomic E-state index is 12.5. The minimum Gasteiger partial charge on any atom is -0.454 e. The van der Waals surface area contributed by atoms with Gasteiger partial charge in [-0.3, -0.25) is 19.3 Å². The van der Waals surface area contributed by atoms with E-state index in [1.165, 1.54) is 0 Å². The molecule has 1 aromatic carbocycles. The highest BCUT2D eigenvalue weighted by Gasteiger charge is 2.34. The Labute approximate surface area is 166 Å². The van der Waals surface area contributed by atoms with Gasteiger partial charge in [0.05, 0.1) is 17.4 Å². The van der Waals surface area contributed by atoms with Crippen LogP contribution in [0, 0.1) is 0 Å². The molecule has 0 aliphatic carbocycles. The minimum atomic E-state index is -0.360. The molecule has 2 fully saturated rings. The summed E-state index contributed by atoms with van der Waals surface area (Å²) < 4.78 is 16.0. The van der Waals surface area contributed by atoms with Crippen LogP contribution < -0.4 is 14.8 Å². The van der Waals surface area contributed by atoms with Crippen LogP contribution >= 0.6 is 11.8 Å². The van der Waals surface area contributed by atoms with Crippen molar-refractivity contribution in [3.8, 4) is 11.5 Å². The molecule has 1 N–H and O–H groups in total. The van der Waals surface area contributed by atoms with Crippen molar-refractivity contribution in [2.75, 3.05) is 26.5 Å². The number of hydrogen-bond donors (Lipinski definition) is 1. The average molecular weight is 404 g/mol. The van der Waals surface area contributed by atoms with E-state index in [1.54, 1.807) is 24.3 Å². The van der Waals surface area contributed by atoms with Crippen LogP contribution in [0.5, 0.6) is 11.5 Å². The molecular weight excluding hydrogens is 384 g/mol. The first kappa shape index (κ1) is 18.8. The highest BCUT2D eigenvalue weighted by molar-refractivity contribution is 8.18. The van der Waals surface area contributed by atoms with Crippen molar-refractivity contribution < 1.29 is 28.6 Å². The molecule has 3 amide bonds. The number of carbonyl (C=O) groups is 3. The SMILES string of the molecule is O=C(CC1CCCO1)NCCN1C(=O)SC(=Cc2ccc3c(c2)OCO3)C1=O. The summed E-state index contributed by atoms with van der Waals surface area (Å²) in [5, 5.41) is 2.40. The van der Waals surface area contributed by atoms with Crippen LogP contribution in [0.3, 0.4) is 0 Å². The van der Waals surface area contributed by atoms with E-state index in [0.29, 0.717) is 29.4 Å². The van der Waals surface area contributed by atoms with Crippen LogP contribution in [0.1, 0.15) is 24.8 Å². The molecule has 28 heavy (non-hydrogen) atoms. The zero-order chi connectivity index (χ0) is 19.5. The first-order valence-corrected chi connectivity index (χ1v) is 9.95. The Morgan fingerprint density at radius 1 is 1.29 bits per heavy atom. The van der Waals surface area contributed by atoms with E-state index in [2.05, 4.69) is 5.32 Å². The fraction of sp³-hybridized carbons (Fsp3) is 0.421. The molecule has 2 saturated heterocycles. The second-order valence-electron chi connectivity index (χ2n) is 6.64. The number of amides is 3. The van der Waals surface area contributed by atoms with Crippen molar-refractivity contribution in [1.82, 2.24) is 10.2 Å². The largest absolute Gasteiger partial charge is 0.454 e. The van der Waals surface area contributed by atoms with Crippen molar-refractivity contribution in [3.05, 3.63) is 28.7 Å². The summed E-state index contributed by atoms with van der Waals surface area (Å²) in [5.74, 6) is 0.779. The molecule has 9 heteroatoms. The summed E-state index contributed by atoms with van der Waals surface area (Å²) in [6.45, 7) is 1.24. The predicted octanol–water partition coefficient (Wildman–Crippen LogP) is 2.14. The normalized spacial score (nSPS) is 22.4. The second kappa shape index (κ2) is 8.24. The number of carbonyl (C=O) groups excluding carboxylic acids is 3. The lowest BCUT2D eigenvalue weighted by atomic mass is 10.2. The number of benzene rings is 1. The number of ether oxygens (including phenoxy) is 3. The molecule has 1 unspecified atom stereocenters. The van der Waals surface area contributed by atoms with Crippen LogP contribution in [0.4, 0.5) is 4.79 Å². The maximum atomic E-state index is 12.5. The lowest BCUT2D eigenvalue weighted by Crippen LogP contribution is -2.38. The Morgan fingerprint density at radius 3 is 2.96 bits per heavy atom. The molecule has 0 saturated carbocycles. The molecule has 148 valence electrons. The Balaban J connectivity index is 1.31. The number of imide groups is 1. The van der Waals surface area contributed by atoms with Crippen LogP contribution in [0.15, 0.2) is 23.1 Å². The zero-order valence-electron chi connectivity index (χ0n) is 15.1. The van der Waals surface area contributed by atoms with Gasteiger partial charge in [0.15, 0.2) is 11.5 Å². The van der Waals surface area contributed by atoms with Gasteiger partial charge in [0.25, 0.3) is 11.1 Å².